The summed E-state index contributed by atoms with van der Waals surface area (Å²) in [6.45, 7) is 2.90. The fraction of sp³-hybridized carbons (Fsp3) is 0. The van der Waals surface area contributed by atoms with E-state index < -0.39 is 0 Å². The van der Waals surface area contributed by atoms with Crippen molar-refractivity contribution in [3.63, 3.8) is 0 Å². The molecule has 0 aliphatic heterocycles. The number of hydrogen-bond acceptors (Lipinski definition) is 1. The molecule has 0 saturated heterocycles. The van der Waals surface area contributed by atoms with Crippen LogP contribution in [0.25, 0.3) is 0 Å². The third-order valence-electron chi connectivity index (χ3n) is 0. The fourth-order valence-electron chi connectivity index (χ4n) is 0. The van der Waals surface area contributed by atoms with Gasteiger partial charge in [0.25, 0.3) is 0 Å². The second kappa shape index (κ2) is 18.0. The molecule has 0 radical (unpaired) electrons. The van der Waals surface area contributed by atoms with E-state index >= 15 is 0 Å². The topological polar surface area (TPSA) is 23.9 Å². The van der Waals surface area contributed by atoms with E-state index in [9.17, 15) is 0 Å². The minimum absolute atomic E-state index is 0. The van der Waals surface area contributed by atoms with Gasteiger partial charge in [0.05, 0.1) is 0 Å². The molecule has 20 valence electrons. The molecule has 0 atom stereocenters. The van der Waals surface area contributed by atoms with E-state index in [1.165, 1.54) is 0 Å². The first-order valence-corrected chi connectivity index (χ1v) is 0.604. The van der Waals surface area contributed by atoms with Gasteiger partial charge in [-0.1, -0.05) is 0 Å². The second-order valence-corrected chi connectivity index (χ2v) is 0.177. The van der Waals surface area contributed by atoms with Gasteiger partial charge < -0.3 is 0 Å². The summed E-state index contributed by atoms with van der Waals surface area (Å²) in [6, 6.07) is 0. The molecule has 0 rings (SSSR count). The summed E-state index contributed by atoms with van der Waals surface area (Å²) < 4.78 is 0. The Morgan fingerprint density at radius 1 is 1.40 bits per heavy atom. The van der Waals surface area contributed by atoms with Crippen LogP contribution in [0.15, 0.2) is 6.58 Å². The van der Waals surface area contributed by atoms with E-state index in [2.05, 4.69) is 6.58 Å². The zero-order valence-electron chi connectivity index (χ0n) is 1.71. The average Bonchev–Trinajstić information content (AvgIpc) is 0.918. The monoisotopic (exact) mass is 89.0 g/mol. The van der Waals surface area contributed by atoms with Crippen molar-refractivity contribution >= 4 is 65.0 Å². The summed E-state index contributed by atoms with van der Waals surface area (Å²) in [7, 11) is 0. The molecule has 1 N–H and O–H groups in total. The zero-order chi connectivity index (χ0) is 2.71. The van der Waals surface area contributed by atoms with Crippen molar-refractivity contribution in [2.24, 2.45) is 0 Å². The van der Waals surface area contributed by atoms with Crippen LogP contribution in [0, 0.1) is 5.41 Å². The summed E-state index contributed by atoms with van der Waals surface area (Å²) in [5.74, 6) is 1.75. The molecule has 5 heavy (non-hydrogen) atoms. The van der Waals surface area contributed by atoms with Crippen LogP contribution in [0.3, 0.4) is 0 Å². The van der Waals surface area contributed by atoms with Crippen LogP contribution >= 0.6 is 0 Å². The number of rotatable bonds is 0. The van der Waals surface area contributed by atoms with Crippen LogP contribution in [-0.4, -0.2) is 65.0 Å². The standard InChI is InChI=1S/C2H3N.2Na.2H/c1-2-3;;;;/h3H,1H2;;;;. The van der Waals surface area contributed by atoms with Crippen molar-refractivity contribution in [2.75, 3.05) is 0 Å². The Kier molecular flexibility index (Phi) is 57.9. The van der Waals surface area contributed by atoms with Gasteiger partial charge in [-0.15, -0.1) is 0 Å². The van der Waals surface area contributed by atoms with Crippen molar-refractivity contribution in [3.05, 3.63) is 6.58 Å². The van der Waals surface area contributed by atoms with E-state index in [0.717, 1.165) is 0 Å². The van der Waals surface area contributed by atoms with Gasteiger partial charge in [0.1, 0.15) is 0 Å². The van der Waals surface area contributed by atoms with E-state index in [1.807, 2.05) is 0 Å². The molecule has 0 bridgehead atoms. The SMILES string of the molecule is C=C=N.[NaH].[NaH]. The molecule has 0 aromatic carbocycles. The molecule has 0 saturated carbocycles. The van der Waals surface area contributed by atoms with Gasteiger partial charge in [-0.3, -0.25) is 5.41 Å². The Hall–Kier alpha value is 1.45. The van der Waals surface area contributed by atoms with Crippen LogP contribution in [0.2, 0.25) is 0 Å². The van der Waals surface area contributed by atoms with Gasteiger partial charge in [-0.25, -0.2) is 0 Å². The van der Waals surface area contributed by atoms with Crippen molar-refractivity contribution < 1.29 is 0 Å². The van der Waals surface area contributed by atoms with Gasteiger partial charge in [0.2, 0.25) is 0 Å². The van der Waals surface area contributed by atoms with Crippen LogP contribution in [0.5, 0.6) is 0 Å². The van der Waals surface area contributed by atoms with Crippen LogP contribution in [0.4, 0.5) is 0 Å². The molecule has 0 aromatic heterocycles. The molecule has 3 heteroatoms. The molecule has 0 unspecified atom stereocenters. The van der Waals surface area contributed by atoms with Gasteiger partial charge in [-0.2, -0.15) is 0 Å². The Labute approximate surface area is 75.9 Å². The Morgan fingerprint density at radius 2 is 1.40 bits per heavy atom. The molecule has 0 aliphatic carbocycles. The maximum atomic E-state index is 5.85. The minimum atomic E-state index is 0. The van der Waals surface area contributed by atoms with Gasteiger partial charge >= 0.3 is 59.1 Å². The van der Waals surface area contributed by atoms with Crippen LogP contribution in [-0.2, 0) is 0 Å². The molecule has 0 amide bonds. The molecular weight excluding hydrogens is 84.0 g/mol. The molecule has 0 fully saturated rings. The normalized spacial score (nSPS) is 1.60. The van der Waals surface area contributed by atoms with Gasteiger partial charge in [0.15, 0.2) is 0 Å². The average molecular weight is 89.0 g/mol. The Morgan fingerprint density at radius 3 is 1.40 bits per heavy atom. The predicted molar refractivity (Wildman–Crippen MR) is 27.7 cm³/mol. The summed E-state index contributed by atoms with van der Waals surface area (Å²) >= 11 is 0. The Bertz CT molecular complexity index is 28.6. The molecule has 1 nitrogen and oxygen atoms in total. The first-order valence-electron chi connectivity index (χ1n) is 0.604. The van der Waals surface area contributed by atoms with E-state index in [4.69, 9.17) is 5.41 Å². The van der Waals surface area contributed by atoms with Crippen molar-refractivity contribution in [1.29, 1.82) is 5.41 Å². The molecule has 0 aromatic rings. The third-order valence-corrected chi connectivity index (χ3v) is 0. The maximum absolute atomic E-state index is 5.85. The van der Waals surface area contributed by atoms with Crippen molar-refractivity contribution in [1.82, 2.24) is 0 Å². The summed E-state index contributed by atoms with van der Waals surface area (Å²) in [6.07, 6.45) is 0. The zero-order valence-corrected chi connectivity index (χ0v) is 1.71. The van der Waals surface area contributed by atoms with Crippen molar-refractivity contribution in [2.45, 2.75) is 0 Å². The molecule has 0 aliphatic rings. The van der Waals surface area contributed by atoms with E-state index in [-0.39, 0.29) is 59.1 Å². The first kappa shape index (κ1) is 16.1. The van der Waals surface area contributed by atoms with E-state index in [0.29, 0.717) is 0 Å². The van der Waals surface area contributed by atoms with Gasteiger partial charge in [0, 0.05) is 0 Å². The van der Waals surface area contributed by atoms with E-state index in [1.54, 1.807) is 5.87 Å². The van der Waals surface area contributed by atoms with Crippen molar-refractivity contribution in [3.8, 4) is 0 Å². The molecular formula is C2H5NNa2. The first-order chi connectivity index (χ1) is 1.41. The number of hydrogen-bond donors (Lipinski definition) is 1. The summed E-state index contributed by atoms with van der Waals surface area (Å²) in [5, 5.41) is 5.85. The Balaban J connectivity index is -0.0000000200. The summed E-state index contributed by atoms with van der Waals surface area (Å²) in [5.41, 5.74) is 0. The molecule has 0 spiro atoms. The fourth-order valence-corrected chi connectivity index (χ4v) is 0. The number of nitrogens with one attached hydrogen (secondary N) is 1. The quantitative estimate of drug-likeness (QED) is 0.294. The summed E-state index contributed by atoms with van der Waals surface area (Å²) in [4.78, 5) is 0. The predicted octanol–water partition coefficient (Wildman–Crippen LogP) is -0.876. The third kappa shape index (κ3) is 30.9. The molecule has 0 heterocycles. The van der Waals surface area contributed by atoms with Crippen LogP contribution in [0.1, 0.15) is 0 Å². The van der Waals surface area contributed by atoms with Crippen LogP contribution < -0.4 is 0 Å². The van der Waals surface area contributed by atoms with Gasteiger partial charge in [-0.05, 0) is 12.4 Å². The second-order valence-electron chi connectivity index (χ2n) is 0.177.